The molecule has 3 aliphatic rings. The molecule has 4 heteroatoms. The summed E-state index contributed by atoms with van der Waals surface area (Å²) in [7, 11) is 0. The van der Waals surface area contributed by atoms with E-state index in [2.05, 4.69) is 29.3 Å². The highest BCUT2D eigenvalue weighted by molar-refractivity contribution is 7.78. The van der Waals surface area contributed by atoms with Gasteiger partial charge in [-0.25, -0.2) is 0 Å². The molecule has 3 nitrogen and oxygen atoms in total. The van der Waals surface area contributed by atoms with E-state index in [1.54, 1.807) is 24.3 Å². The van der Waals surface area contributed by atoms with E-state index in [9.17, 15) is 4.79 Å². The Kier molecular flexibility index (Phi) is 6.26. The van der Waals surface area contributed by atoms with Gasteiger partial charge in [0.05, 0.1) is 16.3 Å². The van der Waals surface area contributed by atoms with Crippen molar-refractivity contribution in [1.82, 2.24) is 0 Å². The van der Waals surface area contributed by atoms with Crippen molar-refractivity contribution in [2.24, 2.45) is 15.8 Å². The van der Waals surface area contributed by atoms with Crippen LogP contribution in [0.25, 0.3) is 0 Å². The van der Waals surface area contributed by atoms with Crippen LogP contribution in [0.2, 0.25) is 0 Å². The van der Waals surface area contributed by atoms with Crippen molar-refractivity contribution in [3.05, 3.63) is 24.3 Å². The molecule has 0 unspecified atom stereocenters. The summed E-state index contributed by atoms with van der Waals surface area (Å²) >= 11 is 4.60. The van der Waals surface area contributed by atoms with Crippen LogP contribution in [-0.4, -0.2) is 11.1 Å². The summed E-state index contributed by atoms with van der Waals surface area (Å²) in [5.74, 6) is 0.553. The lowest BCUT2D eigenvalue weighted by Crippen LogP contribution is -2.47. The number of unbranched alkanes of at least 4 members (excludes halogenated alkanes) is 3. The lowest BCUT2D eigenvalue weighted by Gasteiger charge is -2.52. The number of carbonyl (C=O) groups excluding carboxylic acids is 1. The van der Waals surface area contributed by atoms with Crippen LogP contribution in [0.1, 0.15) is 77.6 Å². The minimum absolute atomic E-state index is 0.0390. The highest BCUT2D eigenvalue weighted by atomic mass is 32.1. The Hall–Kier alpha value is -1.51. The Bertz CT molecular complexity index is 651. The van der Waals surface area contributed by atoms with Gasteiger partial charge in [-0.2, -0.15) is 4.99 Å². The summed E-state index contributed by atoms with van der Waals surface area (Å²) in [5, 5.41) is 2.34. The zero-order chi connectivity index (χ0) is 18.5. The first-order valence-electron chi connectivity index (χ1n) is 10.0. The van der Waals surface area contributed by atoms with E-state index in [-0.39, 0.29) is 11.4 Å². The van der Waals surface area contributed by atoms with E-state index in [4.69, 9.17) is 4.74 Å². The first-order valence-corrected chi connectivity index (χ1v) is 10.4. The van der Waals surface area contributed by atoms with Gasteiger partial charge in [-0.05, 0) is 86.8 Å². The number of thiocarbonyl (C=S) groups is 1. The van der Waals surface area contributed by atoms with Gasteiger partial charge in [-0.3, -0.25) is 4.79 Å². The normalized spacial score (nSPS) is 27.0. The molecule has 0 atom stereocenters. The molecule has 4 rings (SSSR count). The SMILES string of the molecule is CCCCCCC12CCC(C(=O)Oc3ccc(N=C=S)cc3)(CC1)CC2. The lowest BCUT2D eigenvalue weighted by molar-refractivity contribution is -0.156. The summed E-state index contributed by atoms with van der Waals surface area (Å²) in [4.78, 5) is 16.8. The summed E-state index contributed by atoms with van der Waals surface area (Å²) in [6, 6.07) is 7.15. The van der Waals surface area contributed by atoms with Crippen molar-refractivity contribution in [2.75, 3.05) is 0 Å². The molecule has 0 spiro atoms. The minimum atomic E-state index is -0.254. The molecule has 140 valence electrons. The minimum Gasteiger partial charge on any atom is -0.426 e. The molecule has 0 saturated heterocycles. The fraction of sp³-hybridized carbons (Fsp3) is 0.636. The number of ether oxygens (including phenoxy) is 1. The quantitative estimate of drug-likeness (QED) is 0.169. The number of esters is 1. The second-order valence-electron chi connectivity index (χ2n) is 8.18. The molecule has 26 heavy (non-hydrogen) atoms. The summed E-state index contributed by atoms with van der Waals surface area (Å²) < 4.78 is 5.72. The van der Waals surface area contributed by atoms with Crippen molar-refractivity contribution < 1.29 is 9.53 Å². The van der Waals surface area contributed by atoms with Crippen molar-refractivity contribution in [2.45, 2.75) is 77.6 Å². The van der Waals surface area contributed by atoms with Gasteiger partial charge in [0.15, 0.2) is 0 Å². The van der Waals surface area contributed by atoms with E-state index < -0.39 is 0 Å². The molecule has 0 aliphatic heterocycles. The van der Waals surface area contributed by atoms with Crippen LogP contribution in [0.5, 0.6) is 5.75 Å². The topological polar surface area (TPSA) is 38.7 Å². The van der Waals surface area contributed by atoms with Gasteiger partial charge in [0, 0.05) is 0 Å². The van der Waals surface area contributed by atoms with Gasteiger partial charge in [0.1, 0.15) is 5.75 Å². The smallest absolute Gasteiger partial charge is 0.317 e. The molecule has 1 aromatic rings. The van der Waals surface area contributed by atoms with Crippen LogP contribution in [0.4, 0.5) is 5.69 Å². The van der Waals surface area contributed by atoms with Crippen molar-refractivity contribution in [3.8, 4) is 5.75 Å². The molecule has 0 heterocycles. The Morgan fingerprint density at radius 3 is 2.31 bits per heavy atom. The van der Waals surface area contributed by atoms with Gasteiger partial charge in [0.2, 0.25) is 0 Å². The molecular formula is C22H29NO2S. The summed E-state index contributed by atoms with van der Waals surface area (Å²) in [6.45, 7) is 2.26. The maximum atomic E-state index is 12.9. The highest BCUT2D eigenvalue weighted by Crippen LogP contribution is 2.59. The van der Waals surface area contributed by atoms with Crippen LogP contribution in [0.3, 0.4) is 0 Å². The first kappa shape index (κ1) is 19.3. The fourth-order valence-electron chi connectivity index (χ4n) is 4.73. The van der Waals surface area contributed by atoms with Crippen molar-refractivity contribution in [3.63, 3.8) is 0 Å². The van der Waals surface area contributed by atoms with Crippen LogP contribution in [0, 0.1) is 10.8 Å². The van der Waals surface area contributed by atoms with Gasteiger partial charge in [-0.15, -0.1) is 0 Å². The number of fused-ring (bicyclic) bond motifs is 3. The Balaban J connectivity index is 1.56. The van der Waals surface area contributed by atoms with Crippen LogP contribution in [0.15, 0.2) is 29.3 Å². The number of rotatable bonds is 8. The molecule has 2 bridgehead atoms. The highest BCUT2D eigenvalue weighted by Gasteiger charge is 2.52. The maximum Gasteiger partial charge on any atom is 0.317 e. The third kappa shape index (κ3) is 4.24. The van der Waals surface area contributed by atoms with E-state index >= 15 is 0 Å². The number of nitrogens with zero attached hydrogens (tertiary/aromatic N) is 1. The number of aliphatic imine (C=N–C) groups is 1. The molecule has 3 fully saturated rings. The Morgan fingerprint density at radius 1 is 1.08 bits per heavy atom. The first-order chi connectivity index (χ1) is 12.6. The maximum absolute atomic E-state index is 12.9. The molecule has 3 aliphatic carbocycles. The zero-order valence-corrected chi connectivity index (χ0v) is 16.6. The number of hydrogen-bond donors (Lipinski definition) is 0. The van der Waals surface area contributed by atoms with E-state index in [1.165, 1.54) is 51.4 Å². The predicted octanol–water partition coefficient (Wildman–Crippen LogP) is 6.64. The fourth-order valence-corrected chi connectivity index (χ4v) is 4.83. The molecule has 0 aromatic heterocycles. The number of benzene rings is 1. The largest absolute Gasteiger partial charge is 0.426 e. The lowest BCUT2D eigenvalue weighted by atomic mass is 9.52. The van der Waals surface area contributed by atoms with Gasteiger partial charge in [0.25, 0.3) is 0 Å². The second kappa shape index (κ2) is 8.45. The summed E-state index contributed by atoms with van der Waals surface area (Å²) in [6.07, 6.45) is 13.2. The van der Waals surface area contributed by atoms with Gasteiger partial charge in [-0.1, -0.05) is 32.6 Å². The second-order valence-corrected chi connectivity index (χ2v) is 8.36. The van der Waals surface area contributed by atoms with E-state index in [0.29, 0.717) is 11.2 Å². The monoisotopic (exact) mass is 371 g/mol. The average molecular weight is 372 g/mol. The molecule has 3 saturated carbocycles. The zero-order valence-electron chi connectivity index (χ0n) is 15.8. The molecule has 0 radical (unpaired) electrons. The number of hydrogen-bond acceptors (Lipinski definition) is 4. The van der Waals surface area contributed by atoms with E-state index in [1.807, 2.05) is 0 Å². The molecular weight excluding hydrogens is 342 g/mol. The van der Waals surface area contributed by atoms with Crippen LogP contribution < -0.4 is 4.74 Å². The Labute approximate surface area is 162 Å². The standard InChI is InChI=1S/C22H29NO2S/c1-2-3-4-5-10-21-11-14-22(15-12-21,16-13-21)20(24)25-19-8-6-18(7-9-19)23-17-26/h6-9H,2-5,10-16H2,1H3. The third-order valence-corrected chi connectivity index (χ3v) is 6.71. The summed E-state index contributed by atoms with van der Waals surface area (Å²) in [5.41, 5.74) is 0.980. The molecule has 0 amide bonds. The Morgan fingerprint density at radius 2 is 1.73 bits per heavy atom. The van der Waals surface area contributed by atoms with Gasteiger partial charge >= 0.3 is 5.97 Å². The van der Waals surface area contributed by atoms with Crippen LogP contribution >= 0.6 is 12.2 Å². The number of carbonyl (C=O) groups is 1. The predicted molar refractivity (Wildman–Crippen MR) is 108 cm³/mol. The van der Waals surface area contributed by atoms with Crippen molar-refractivity contribution in [1.29, 1.82) is 0 Å². The molecule has 1 aromatic carbocycles. The van der Waals surface area contributed by atoms with Gasteiger partial charge < -0.3 is 4.74 Å². The van der Waals surface area contributed by atoms with Crippen LogP contribution in [-0.2, 0) is 4.79 Å². The number of isothiocyanates is 1. The molecule has 0 N–H and O–H groups in total. The van der Waals surface area contributed by atoms with E-state index in [0.717, 1.165) is 24.9 Å². The van der Waals surface area contributed by atoms with Crippen molar-refractivity contribution >= 4 is 29.0 Å². The third-order valence-electron chi connectivity index (χ3n) is 6.62. The average Bonchev–Trinajstić information content (AvgIpc) is 2.68.